The number of benzene rings is 2. The van der Waals surface area contributed by atoms with Crippen molar-refractivity contribution in [3.8, 4) is 5.75 Å². The Kier molecular flexibility index (Phi) is 3.43. The summed E-state index contributed by atoms with van der Waals surface area (Å²) in [5.41, 5.74) is 2.81. The van der Waals surface area contributed by atoms with E-state index in [1.807, 2.05) is 18.2 Å². The number of aliphatic hydroxyl groups excluding tert-OH is 1. The predicted octanol–water partition coefficient (Wildman–Crippen LogP) is 3.97. The normalized spacial score (nSPS) is 23.0. The average molecular weight is 321 g/mol. The Morgan fingerprint density at radius 2 is 1.79 bits per heavy atom. The molecule has 2 aromatic rings. The van der Waals surface area contributed by atoms with Gasteiger partial charge in [0.1, 0.15) is 5.75 Å². The lowest BCUT2D eigenvalue weighted by Gasteiger charge is -2.47. The molecule has 0 radical (unpaired) electrons. The van der Waals surface area contributed by atoms with Crippen molar-refractivity contribution < 1.29 is 9.84 Å². The zero-order valence-corrected chi connectivity index (χ0v) is 14.2. The summed E-state index contributed by atoms with van der Waals surface area (Å²) < 4.78 is 6.65. The quantitative estimate of drug-likeness (QED) is 0.928. The van der Waals surface area contributed by atoms with Gasteiger partial charge in [-0.15, -0.1) is 0 Å². The number of anilines is 1. The van der Waals surface area contributed by atoms with Crippen molar-refractivity contribution in [1.82, 2.24) is 0 Å². The van der Waals surface area contributed by atoms with Crippen LogP contribution in [0, 0.1) is 0 Å². The van der Waals surface area contributed by atoms with Crippen LogP contribution < -0.4 is 9.64 Å². The van der Waals surface area contributed by atoms with Gasteiger partial charge in [0, 0.05) is 24.4 Å². The zero-order valence-electron chi connectivity index (χ0n) is 14.2. The highest BCUT2D eigenvalue weighted by Crippen LogP contribution is 2.54. The maximum absolute atomic E-state index is 9.36. The number of hydrogen-bond acceptors (Lipinski definition) is 3. The van der Waals surface area contributed by atoms with Gasteiger partial charge in [-0.3, -0.25) is 0 Å². The van der Waals surface area contributed by atoms with E-state index in [2.05, 4.69) is 61.2 Å². The molecule has 0 bridgehead atoms. The Morgan fingerprint density at radius 1 is 1.04 bits per heavy atom. The molecule has 3 nitrogen and oxygen atoms in total. The summed E-state index contributed by atoms with van der Waals surface area (Å²) in [5.74, 6) is 0.912. The third-order valence-corrected chi connectivity index (χ3v) is 5.38. The standard InChI is InChI=1S/C21H23NO2/c1-20(2)17-9-4-5-10-18(17)22(14-7-15-23)21(20)13-12-16-8-3-6-11-19(16)24-21/h3-6,8-13,23H,7,14-15H2,1-2H3. The van der Waals surface area contributed by atoms with E-state index in [4.69, 9.17) is 4.74 Å². The van der Waals surface area contributed by atoms with E-state index in [1.54, 1.807) is 0 Å². The van der Waals surface area contributed by atoms with Crippen LogP contribution in [0.5, 0.6) is 5.75 Å². The average Bonchev–Trinajstić information content (AvgIpc) is 2.78. The number of hydrogen-bond donors (Lipinski definition) is 1. The first kappa shape index (κ1) is 15.3. The summed E-state index contributed by atoms with van der Waals surface area (Å²) >= 11 is 0. The molecule has 124 valence electrons. The van der Waals surface area contributed by atoms with Crippen LogP contribution in [0.25, 0.3) is 6.08 Å². The molecule has 0 saturated heterocycles. The maximum atomic E-state index is 9.36. The lowest BCUT2D eigenvalue weighted by atomic mass is 9.76. The molecule has 0 amide bonds. The number of para-hydroxylation sites is 2. The van der Waals surface area contributed by atoms with Gasteiger partial charge in [-0.05, 0) is 50.1 Å². The van der Waals surface area contributed by atoms with Crippen molar-refractivity contribution in [2.75, 3.05) is 18.1 Å². The predicted molar refractivity (Wildman–Crippen MR) is 97.4 cm³/mol. The molecule has 3 heteroatoms. The SMILES string of the molecule is CC1(C)c2ccccc2N(CCCO)C12C=Cc1ccccc1O2. The monoisotopic (exact) mass is 321 g/mol. The Bertz CT molecular complexity index is 796. The first-order valence-corrected chi connectivity index (χ1v) is 8.55. The number of ether oxygens (including phenoxy) is 1. The molecule has 1 spiro atoms. The van der Waals surface area contributed by atoms with Crippen molar-refractivity contribution in [3.05, 3.63) is 65.7 Å². The third kappa shape index (κ3) is 1.94. The summed E-state index contributed by atoms with van der Waals surface area (Å²) in [5, 5.41) is 9.36. The maximum Gasteiger partial charge on any atom is 0.212 e. The molecule has 4 rings (SSSR count). The van der Waals surface area contributed by atoms with Crippen LogP contribution >= 0.6 is 0 Å². The number of fused-ring (bicyclic) bond motifs is 2. The Balaban J connectivity index is 1.87. The van der Waals surface area contributed by atoms with Crippen molar-refractivity contribution in [2.45, 2.75) is 31.4 Å². The first-order valence-electron chi connectivity index (χ1n) is 8.55. The van der Waals surface area contributed by atoms with Gasteiger partial charge in [0.2, 0.25) is 5.72 Å². The van der Waals surface area contributed by atoms with Crippen LogP contribution in [0.1, 0.15) is 31.4 Å². The van der Waals surface area contributed by atoms with E-state index >= 15 is 0 Å². The molecule has 2 aromatic carbocycles. The van der Waals surface area contributed by atoms with Crippen LogP contribution in [-0.4, -0.2) is 24.0 Å². The van der Waals surface area contributed by atoms with Crippen LogP contribution in [0.2, 0.25) is 0 Å². The second kappa shape index (κ2) is 5.38. The summed E-state index contributed by atoms with van der Waals surface area (Å²) in [7, 11) is 0. The smallest absolute Gasteiger partial charge is 0.212 e. The molecule has 0 aromatic heterocycles. The minimum absolute atomic E-state index is 0.176. The minimum atomic E-state index is -0.569. The number of nitrogens with zero attached hydrogens (tertiary/aromatic N) is 1. The van der Waals surface area contributed by atoms with Gasteiger partial charge >= 0.3 is 0 Å². The molecule has 0 saturated carbocycles. The second-order valence-electron chi connectivity index (χ2n) is 7.04. The van der Waals surface area contributed by atoms with Crippen LogP contribution in [-0.2, 0) is 5.41 Å². The van der Waals surface area contributed by atoms with Gasteiger partial charge in [0.05, 0.1) is 5.41 Å². The molecule has 1 unspecified atom stereocenters. The lowest BCUT2D eigenvalue weighted by molar-refractivity contribution is 0.0524. The van der Waals surface area contributed by atoms with Crippen molar-refractivity contribution in [2.24, 2.45) is 0 Å². The number of rotatable bonds is 3. The van der Waals surface area contributed by atoms with E-state index in [-0.39, 0.29) is 12.0 Å². The first-order chi connectivity index (χ1) is 11.6. The Hall–Kier alpha value is -2.26. The van der Waals surface area contributed by atoms with Crippen LogP contribution in [0.15, 0.2) is 54.6 Å². The van der Waals surface area contributed by atoms with Gasteiger partial charge < -0.3 is 14.7 Å². The van der Waals surface area contributed by atoms with E-state index in [9.17, 15) is 5.11 Å². The van der Waals surface area contributed by atoms with E-state index in [0.717, 1.165) is 17.9 Å². The summed E-state index contributed by atoms with van der Waals surface area (Å²) in [6.45, 7) is 5.41. The Morgan fingerprint density at radius 3 is 2.62 bits per heavy atom. The number of aliphatic hydroxyl groups is 1. The van der Waals surface area contributed by atoms with Gasteiger partial charge in [-0.1, -0.05) is 36.4 Å². The van der Waals surface area contributed by atoms with E-state index < -0.39 is 5.72 Å². The Labute approximate surface area is 143 Å². The van der Waals surface area contributed by atoms with E-state index in [0.29, 0.717) is 6.42 Å². The van der Waals surface area contributed by atoms with Crippen molar-refractivity contribution in [3.63, 3.8) is 0 Å². The van der Waals surface area contributed by atoms with Gasteiger partial charge in [0.15, 0.2) is 0 Å². The molecule has 2 aliphatic heterocycles. The summed E-state index contributed by atoms with van der Waals surface area (Å²) in [6, 6.07) is 16.6. The van der Waals surface area contributed by atoms with Crippen molar-refractivity contribution in [1.29, 1.82) is 0 Å². The molecular weight excluding hydrogens is 298 g/mol. The fourth-order valence-electron chi connectivity index (χ4n) is 4.06. The highest BCUT2D eigenvalue weighted by Gasteiger charge is 2.58. The van der Waals surface area contributed by atoms with Crippen LogP contribution in [0.3, 0.4) is 0 Å². The molecule has 1 N–H and O–H groups in total. The molecule has 2 heterocycles. The topological polar surface area (TPSA) is 32.7 Å². The summed E-state index contributed by atoms with van der Waals surface area (Å²) in [6.07, 6.45) is 5.07. The fourth-order valence-corrected chi connectivity index (χ4v) is 4.06. The lowest BCUT2D eigenvalue weighted by Crippen LogP contribution is -2.59. The van der Waals surface area contributed by atoms with Gasteiger partial charge in [0.25, 0.3) is 0 Å². The molecule has 1 atom stereocenters. The third-order valence-electron chi connectivity index (χ3n) is 5.38. The second-order valence-corrected chi connectivity index (χ2v) is 7.04. The molecular formula is C21H23NO2. The highest BCUT2D eigenvalue weighted by atomic mass is 16.5. The van der Waals surface area contributed by atoms with Gasteiger partial charge in [-0.2, -0.15) is 0 Å². The van der Waals surface area contributed by atoms with Crippen LogP contribution in [0.4, 0.5) is 5.69 Å². The fraction of sp³-hybridized carbons (Fsp3) is 0.333. The van der Waals surface area contributed by atoms with Gasteiger partial charge in [-0.25, -0.2) is 0 Å². The zero-order chi connectivity index (χ0) is 16.8. The molecule has 0 aliphatic carbocycles. The summed E-state index contributed by atoms with van der Waals surface area (Å²) in [4.78, 5) is 2.31. The largest absolute Gasteiger partial charge is 0.463 e. The minimum Gasteiger partial charge on any atom is -0.463 e. The van der Waals surface area contributed by atoms with Crippen molar-refractivity contribution >= 4 is 11.8 Å². The molecule has 2 aliphatic rings. The molecule has 24 heavy (non-hydrogen) atoms. The molecule has 0 fully saturated rings. The highest BCUT2D eigenvalue weighted by molar-refractivity contribution is 5.72. The van der Waals surface area contributed by atoms with E-state index in [1.165, 1.54) is 11.3 Å².